The molecule has 0 bridgehead atoms. The lowest BCUT2D eigenvalue weighted by Crippen LogP contribution is -2.04. The van der Waals surface area contributed by atoms with Gasteiger partial charge >= 0.3 is 0 Å². The predicted molar refractivity (Wildman–Crippen MR) is 70.3 cm³/mol. The van der Waals surface area contributed by atoms with Crippen molar-refractivity contribution in [3.05, 3.63) is 51.3 Å². The summed E-state index contributed by atoms with van der Waals surface area (Å²) >= 11 is 3.51. The topological polar surface area (TPSA) is 34.9 Å². The Morgan fingerprint density at radius 3 is 2.65 bits per heavy atom. The van der Waals surface area contributed by atoms with Crippen LogP contribution in [0.2, 0.25) is 0 Å². The number of halogens is 1. The van der Waals surface area contributed by atoms with E-state index in [1.54, 1.807) is 0 Å². The first kappa shape index (κ1) is 12.0. The lowest BCUT2D eigenvalue weighted by atomic mass is 10.2. The van der Waals surface area contributed by atoms with Crippen LogP contribution in [-0.4, -0.2) is 16.1 Å². The molecule has 0 radical (unpaired) electrons. The maximum atomic E-state index is 10.9. The van der Waals surface area contributed by atoms with Gasteiger partial charge in [-0.1, -0.05) is 34.1 Å². The van der Waals surface area contributed by atoms with Crippen LogP contribution in [0.4, 0.5) is 0 Å². The summed E-state index contributed by atoms with van der Waals surface area (Å²) in [5, 5.41) is 4.38. The normalized spacial score (nSPS) is 10.5. The van der Waals surface area contributed by atoms with Crippen molar-refractivity contribution in [3.8, 4) is 0 Å². The number of nitrogens with zero attached hydrogens (tertiary/aromatic N) is 2. The fraction of sp³-hybridized carbons (Fsp3) is 0.231. The minimum absolute atomic E-state index is 0.669. The largest absolute Gasteiger partial charge is 0.298 e. The molecule has 0 unspecified atom stereocenters. The van der Waals surface area contributed by atoms with Gasteiger partial charge in [-0.3, -0.25) is 9.48 Å². The molecule has 0 aliphatic heterocycles. The predicted octanol–water partition coefficient (Wildman–Crippen LogP) is 3.12. The summed E-state index contributed by atoms with van der Waals surface area (Å²) in [6.45, 7) is 4.44. The van der Waals surface area contributed by atoms with E-state index >= 15 is 0 Å². The van der Waals surface area contributed by atoms with E-state index in [4.69, 9.17) is 0 Å². The molecule has 3 nitrogen and oxygen atoms in total. The van der Waals surface area contributed by atoms with Gasteiger partial charge in [-0.2, -0.15) is 5.10 Å². The number of hydrogen-bond acceptors (Lipinski definition) is 2. The van der Waals surface area contributed by atoms with E-state index in [1.165, 1.54) is 0 Å². The Hall–Kier alpha value is -1.42. The zero-order chi connectivity index (χ0) is 12.4. The molecule has 0 aliphatic carbocycles. The second kappa shape index (κ2) is 4.84. The van der Waals surface area contributed by atoms with Gasteiger partial charge in [-0.15, -0.1) is 0 Å². The third-order valence-corrected chi connectivity index (χ3v) is 3.61. The fourth-order valence-corrected chi connectivity index (χ4v) is 2.23. The van der Waals surface area contributed by atoms with Crippen molar-refractivity contribution in [2.24, 2.45) is 0 Å². The van der Waals surface area contributed by atoms with Crippen LogP contribution in [0.25, 0.3) is 0 Å². The van der Waals surface area contributed by atoms with Gasteiger partial charge in [0.05, 0.1) is 17.8 Å². The van der Waals surface area contributed by atoms with Crippen LogP contribution < -0.4 is 0 Å². The summed E-state index contributed by atoms with van der Waals surface area (Å²) in [6, 6.07) is 8.01. The fourth-order valence-electron chi connectivity index (χ4n) is 1.82. The monoisotopic (exact) mass is 292 g/mol. The highest BCUT2D eigenvalue weighted by Gasteiger charge is 2.11. The lowest BCUT2D eigenvalue weighted by Gasteiger charge is -2.06. The third-order valence-electron chi connectivity index (χ3n) is 2.83. The molecule has 88 valence electrons. The van der Waals surface area contributed by atoms with Crippen LogP contribution in [0.3, 0.4) is 0 Å². The number of aryl methyl sites for hydroxylation is 1. The molecule has 0 N–H and O–H groups in total. The highest BCUT2D eigenvalue weighted by Crippen LogP contribution is 2.19. The smallest absolute Gasteiger partial charge is 0.153 e. The van der Waals surface area contributed by atoms with E-state index in [9.17, 15) is 4.79 Å². The molecule has 0 saturated carbocycles. The molecule has 17 heavy (non-hydrogen) atoms. The Labute approximate surface area is 109 Å². The molecule has 4 heteroatoms. The zero-order valence-electron chi connectivity index (χ0n) is 9.77. The molecule has 0 aliphatic rings. The van der Waals surface area contributed by atoms with Gasteiger partial charge in [0.25, 0.3) is 0 Å². The van der Waals surface area contributed by atoms with E-state index in [0.29, 0.717) is 12.1 Å². The number of carbonyl (C=O) groups excluding carboxylic acids is 1. The molecule has 2 aromatic rings. The average molecular weight is 293 g/mol. The first-order valence-electron chi connectivity index (χ1n) is 5.36. The van der Waals surface area contributed by atoms with Gasteiger partial charge < -0.3 is 0 Å². The number of rotatable bonds is 3. The van der Waals surface area contributed by atoms with Gasteiger partial charge in [0.15, 0.2) is 6.29 Å². The summed E-state index contributed by atoms with van der Waals surface area (Å²) in [7, 11) is 0. The SMILES string of the molecule is Cc1nn(Cc2ccccc2Br)c(C)c1C=O. The summed E-state index contributed by atoms with van der Waals surface area (Å²) in [5.74, 6) is 0. The highest BCUT2D eigenvalue weighted by molar-refractivity contribution is 9.10. The number of carbonyl (C=O) groups is 1. The number of benzene rings is 1. The van der Waals surface area contributed by atoms with E-state index in [2.05, 4.69) is 21.0 Å². The van der Waals surface area contributed by atoms with Gasteiger partial charge in [0.2, 0.25) is 0 Å². The summed E-state index contributed by atoms with van der Waals surface area (Å²) in [4.78, 5) is 10.9. The molecule has 1 heterocycles. The third kappa shape index (κ3) is 2.31. The molecule has 0 fully saturated rings. The number of hydrogen-bond donors (Lipinski definition) is 0. The molecular formula is C13H13BrN2O. The lowest BCUT2D eigenvalue weighted by molar-refractivity contribution is 0.112. The Kier molecular flexibility index (Phi) is 3.43. The molecule has 2 rings (SSSR count). The van der Waals surface area contributed by atoms with Crippen molar-refractivity contribution >= 4 is 22.2 Å². The van der Waals surface area contributed by atoms with E-state index < -0.39 is 0 Å². The summed E-state index contributed by atoms with van der Waals surface area (Å²) in [6.07, 6.45) is 0.869. The maximum absolute atomic E-state index is 10.9. The Balaban J connectivity index is 2.37. The van der Waals surface area contributed by atoms with E-state index in [0.717, 1.165) is 27.7 Å². The quantitative estimate of drug-likeness (QED) is 0.815. The van der Waals surface area contributed by atoms with Gasteiger partial charge in [0.1, 0.15) is 0 Å². The highest BCUT2D eigenvalue weighted by atomic mass is 79.9. The van der Waals surface area contributed by atoms with Crippen LogP contribution >= 0.6 is 15.9 Å². The van der Waals surface area contributed by atoms with Crippen LogP contribution in [-0.2, 0) is 6.54 Å². The molecular weight excluding hydrogens is 280 g/mol. The summed E-state index contributed by atoms with van der Waals surface area (Å²) in [5.41, 5.74) is 3.53. The molecule has 0 saturated heterocycles. The van der Waals surface area contributed by atoms with E-state index in [-0.39, 0.29) is 0 Å². The summed E-state index contributed by atoms with van der Waals surface area (Å²) < 4.78 is 2.92. The Bertz CT molecular complexity index is 561. The molecule has 1 aromatic carbocycles. The number of aldehydes is 1. The molecule has 0 amide bonds. The number of aromatic nitrogens is 2. The van der Waals surface area contributed by atoms with Crippen molar-refractivity contribution in [1.82, 2.24) is 9.78 Å². The van der Waals surface area contributed by atoms with Gasteiger partial charge in [-0.25, -0.2) is 0 Å². The first-order chi connectivity index (χ1) is 8.13. The minimum Gasteiger partial charge on any atom is -0.298 e. The van der Waals surface area contributed by atoms with Crippen molar-refractivity contribution in [2.75, 3.05) is 0 Å². The molecule has 0 spiro atoms. The van der Waals surface area contributed by atoms with Gasteiger partial charge in [0, 0.05) is 10.2 Å². The van der Waals surface area contributed by atoms with Crippen LogP contribution in [0.1, 0.15) is 27.3 Å². The minimum atomic E-state index is 0.669. The van der Waals surface area contributed by atoms with Crippen molar-refractivity contribution in [3.63, 3.8) is 0 Å². The van der Waals surface area contributed by atoms with Crippen molar-refractivity contribution in [1.29, 1.82) is 0 Å². The Morgan fingerprint density at radius 1 is 1.35 bits per heavy atom. The first-order valence-corrected chi connectivity index (χ1v) is 6.15. The zero-order valence-corrected chi connectivity index (χ0v) is 11.4. The second-order valence-electron chi connectivity index (χ2n) is 3.95. The van der Waals surface area contributed by atoms with E-state index in [1.807, 2.05) is 42.8 Å². The standard InChI is InChI=1S/C13H13BrN2O/c1-9-12(8-17)10(2)16(15-9)7-11-5-3-4-6-13(11)14/h3-6,8H,7H2,1-2H3. The van der Waals surface area contributed by atoms with Crippen LogP contribution in [0.15, 0.2) is 28.7 Å². The van der Waals surface area contributed by atoms with Crippen LogP contribution in [0, 0.1) is 13.8 Å². The van der Waals surface area contributed by atoms with Crippen molar-refractivity contribution in [2.45, 2.75) is 20.4 Å². The molecule has 1 aromatic heterocycles. The van der Waals surface area contributed by atoms with Crippen molar-refractivity contribution < 1.29 is 4.79 Å². The average Bonchev–Trinajstić information content (AvgIpc) is 2.57. The van der Waals surface area contributed by atoms with Crippen LogP contribution in [0.5, 0.6) is 0 Å². The Morgan fingerprint density at radius 2 is 2.06 bits per heavy atom. The second-order valence-corrected chi connectivity index (χ2v) is 4.81. The molecule has 0 atom stereocenters. The maximum Gasteiger partial charge on any atom is 0.153 e. The van der Waals surface area contributed by atoms with Gasteiger partial charge in [-0.05, 0) is 25.5 Å².